The molecule has 0 saturated heterocycles. The van der Waals surface area contributed by atoms with Crippen molar-refractivity contribution in [2.24, 2.45) is 0 Å². The fraction of sp³-hybridized carbons (Fsp3) is 0. The van der Waals surface area contributed by atoms with Gasteiger partial charge in [0.05, 0.1) is 0 Å². The predicted octanol–water partition coefficient (Wildman–Crippen LogP) is 9.21. The quantitative estimate of drug-likeness (QED) is 0.191. The summed E-state index contributed by atoms with van der Waals surface area (Å²) in [5, 5.41) is 0. The predicted molar refractivity (Wildman–Crippen MR) is 191 cm³/mol. The minimum atomic E-state index is 0.0320. The van der Waals surface area contributed by atoms with Gasteiger partial charge in [-0.2, -0.15) is 0 Å². The van der Waals surface area contributed by atoms with Gasteiger partial charge in [-0.1, -0.05) is 103 Å². The molecule has 0 saturated carbocycles. The molecule has 4 heteroatoms. The lowest BCUT2D eigenvalue weighted by Crippen LogP contribution is -2.63. The largest absolute Gasteiger partial charge is 0.458 e. The Morgan fingerprint density at radius 2 is 0.761 bits per heavy atom. The molecule has 46 heavy (non-hydrogen) atoms. The maximum absolute atomic E-state index is 7.09. The maximum atomic E-state index is 7.09. The first-order valence-corrected chi connectivity index (χ1v) is 15.8. The van der Waals surface area contributed by atoms with Crippen molar-refractivity contribution in [2.75, 3.05) is 9.80 Å². The average molecular weight is 587 g/mol. The molecule has 3 aliphatic heterocycles. The van der Waals surface area contributed by atoms with Crippen LogP contribution in [-0.4, -0.2) is 6.71 Å². The molecule has 7 aromatic carbocycles. The summed E-state index contributed by atoms with van der Waals surface area (Å²) in [5.74, 6) is 1.83. The van der Waals surface area contributed by atoms with E-state index in [2.05, 4.69) is 174 Å². The number of nitrogens with zero attached hydrogens (tertiary/aromatic N) is 2. The number of hydrogen-bond acceptors (Lipinski definition) is 3. The lowest BCUT2D eigenvalue weighted by Gasteiger charge is -2.46. The van der Waals surface area contributed by atoms with Gasteiger partial charge in [0.2, 0.25) is 0 Å². The van der Waals surface area contributed by atoms with Crippen molar-refractivity contribution in [2.45, 2.75) is 0 Å². The van der Waals surface area contributed by atoms with E-state index in [0.717, 1.165) is 45.4 Å². The molecule has 0 spiro atoms. The van der Waals surface area contributed by atoms with Gasteiger partial charge < -0.3 is 14.5 Å². The molecule has 0 amide bonds. The van der Waals surface area contributed by atoms with E-state index in [0.29, 0.717) is 0 Å². The molecule has 0 fully saturated rings. The van der Waals surface area contributed by atoms with Crippen LogP contribution < -0.4 is 30.9 Å². The van der Waals surface area contributed by atoms with Gasteiger partial charge in [0.1, 0.15) is 11.5 Å². The van der Waals surface area contributed by atoms with Crippen molar-refractivity contribution in [1.82, 2.24) is 0 Å². The summed E-state index contributed by atoms with van der Waals surface area (Å²) in [5.41, 5.74) is 15.3. The second-order valence-corrected chi connectivity index (χ2v) is 12.1. The third kappa shape index (κ3) is 3.61. The van der Waals surface area contributed by atoms with Crippen LogP contribution in [0.25, 0.3) is 22.3 Å². The van der Waals surface area contributed by atoms with Gasteiger partial charge in [-0.25, -0.2) is 0 Å². The van der Waals surface area contributed by atoms with Crippen molar-refractivity contribution < 1.29 is 4.74 Å². The molecule has 0 N–H and O–H groups in total. The summed E-state index contributed by atoms with van der Waals surface area (Å²) >= 11 is 0. The van der Waals surface area contributed by atoms with Crippen LogP contribution in [0, 0.1) is 0 Å². The topological polar surface area (TPSA) is 15.7 Å². The van der Waals surface area contributed by atoms with Crippen molar-refractivity contribution in [1.29, 1.82) is 0 Å². The Hall–Kier alpha value is -6.00. The van der Waals surface area contributed by atoms with E-state index in [9.17, 15) is 0 Å². The number of benzene rings is 7. The summed E-state index contributed by atoms with van der Waals surface area (Å²) in [6, 6.07) is 58.7. The lowest BCUT2D eigenvalue weighted by molar-refractivity contribution is 0.488. The highest BCUT2D eigenvalue weighted by Crippen LogP contribution is 2.49. The van der Waals surface area contributed by atoms with Gasteiger partial charge in [0.15, 0.2) is 0 Å². The first kappa shape index (κ1) is 25.3. The monoisotopic (exact) mass is 586 g/mol. The standard InChI is InChI=1S/C42H27BN2O/c1-5-14-28(15-6-1)30-24-36-41-38(26-30)46-39-27-31(29-16-7-2-8-17-29)25-37-42(39)43(41)40-34(44(36)32-18-9-3-10-19-32)22-13-23-35(40)45(37)33-20-11-4-12-21-33/h1-27H. The summed E-state index contributed by atoms with van der Waals surface area (Å²) in [6.45, 7) is 0.0320. The van der Waals surface area contributed by atoms with Crippen LogP contribution in [0.15, 0.2) is 164 Å². The fourth-order valence-electron chi connectivity index (χ4n) is 7.69. The molecule has 0 unspecified atom stereocenters. The summed E-state index contributed by atoms with van der Waals surface area (Å²) in [7, 11) is 0. The molecular weight excluding hydrogens is 559 g/mol. The highest BCUT2D eigenvalue weighted by atomic mass is 16.5. The van der Waals surface area contributed by atoms with Gasteiger partial charge in [0.25, 0.3) is 6.71 Å². The number of rotatable bonds is 4. The van der Waals surface area contributed by atoms with Crippen LogP contribution in [0.2, 0.25) is 0 Å². The smallest absolute Gasteiger partial charge is 0.261 e. The van der Waals surface area contributed by atoms with E-state index in [1.807, 2.05) is 0 Å². The highest BCUT2D eigenvalue weighted by Gasteiger charge is 2.48. The van der Waals surface area contributed by atoms with E-state index < -0.39 is 0 Å². The second-order valence-electron chi connectivity index (χ2n) is 12.1. The molecule has 0 aromatic heterocycles. The Bertz CT molecular complexity index is 2130. The molecule has 0 radical (unpaired) electrons. The molecule has 0 aliphatic carbocycles. The molecule has 0 atom stereocenters. The van der Waals surface area contributed by atoms with E-state index in [4.69, 9.17) is 4.74 Å². The zero-order chi connectivity index (χ0) is 30.2. The SMILES string of the molecule is c1ccc(-c2cc3c4c(c2)N(c2ccccc2)c2cccc5c2B4c2c(cc(-c4ccccc4)cc2N5c2ccccc2)O3)cc1. The molecule has 3 aliphatic rings. The Labute approximate surface area is 268 Å². The molecular formula is C42H27BN2O. The molecule has 7 aromatic rings. The van der Waals surface area contributed by atoms with Crippen molar-refractivity contribution in [3.05, 3.63) is 164 Å². The van der Waals surface area contributed by atoms with E-state index in [-0.39, 0.29) is 6.71 Å². The third-order valence-electron chi connectivity index (χ3n) is 9.59. The van der Waals surface area contributed by atoms with Crippen LogP contribution >= 0.6 is 0 Å². The van der Waals surface area contributed by atoms with Gasteiger partial charge in [0, 0.05) is 34.1 Å². The first-order chi connectivity index (χ1) is 22.8. The van der Waals surface area contributed by atoms with Crippen LogP contribution in [0.3, 0.4) is 0 Å². The number of anilines is 6. The average Bonchev–Trinajstić information content (AvgIpc) is 3.13. The number of ether oxygens (including phenoxy) is 1. The first-order valence-electron chi connectivity index (χ1n) is 15.8. The number of hydrogen-bond donors (Lipinski definition) is 0. The summed E-state index contributed by atoms with van der Waals surface area (Å²) < 4.78 is 7.09. The zero-order valence-electron chi connectivity index (χ0n) is 25.0. The molecule has 10 rings (SSSR count). The van der Waals surface area contributed by atoms with Gasteiger partial charge in [-0.3, -0.25) is 0 Å². The second kappa shape index (κ2) is 9.75. The van der Waals surface area contributed by atoms with Gasteiger partial charge >= 0.3 is 0 Å². The molecule has 3 nitrogen and oxygen atoms in total. The van der Waals surface area contributed by atoms with E-state index in [1.165, 1.54) is 38.9 Å². The van der Waals surface area contributed by atoms with E-state index >= 15 is 0 Å². The molecule has 0 bridgehead atoms. The minimum Gasteiger partial charge on any atom is -0.458 e. The zero-order valence-corrected chi connectivity index (χ0v) is 25.0. The van der Waals surface area contributed by atoms with Crippen LogP contribution in [0.4, 0.5) is 34.1 Å². The van der Waals surface area contributed by atoms with Crippen molar-refractivity contribution in [3.63, 3.8) is 0 Å². The number of para-hydroxylation sites is 2. The Balaban J connectivity index is 1.33. The summed E-state index contributed by atoms with van der Waals surface area (Å²) in [6.07, 6.45) is 0. The Morgan fingerprint density at radius 1 is 0.348 bits per heavy atom. The van der Waals surface area contributed by atoms with Gasteiger partial charge in [-0.15, -0.1) is 0 Å². The third-order valence-corrected chi connectivity index (χ3v) is 9.59. The van der Waals surface area contributed by atoms with Gasteiger partial charge in [-0.05, 0) is 99.3 Å². The van der Waals surface area contributed by atoms with Crippen LogP contribution in [0.5, 0.6) is 11.5 Å². The normalized spacial score (nSPS) is 13.3. The lowest BCUT2D eigenvalue weighted by atomic mass is 9.32. The van der Waals surface area contributed by atoms with Crippen molar-refractivity contribution in [3.8, 4) is 33.8 Å². The maximum Gasteiger partial charge on any atom is 0.261 e. The fourth-order valence-corrected chi connectivity index (χ4v) is 7.69. The van der Waals surface area contributed by atoms with Crippen LogP contribution in [0.1, 0.15) is 0 Å². The Kier molecular flexibility index (Phi) is 5.37. The van der Waals surface area contributed by atoms with Crippen molar-refractivity contribution >= 4 is 57.2 Å². The molecule has 214 valence electrons. The summed E-state index contributed by atoms with van der Waals surface area (Å²) in [4.78, 5) is 4.86. The highest BCUT2D eigenvalue weighted by molar-refractivity contribution is 7.01. The minimum absolute atomic E-state index is 0.0320. The van der Waals surface area contributed by atoms with E-state index in [1.54, 1.807) is 0 Å². The van der Waals surface area contributed by atoms with Crippen LogP contribution in [-0.2, 0) is 0 Å². The Morgan fingerprint density at radius 3 is 1.20 bits per heavy atom. The molecule has 3 heterocycles.